The van der Waals surface area contributed by atoms with Crippen LogP contribution in [0.4, 0.5) is 0 Å². The van der Waals surface area contributed by atoms with E-state index < -0.39 is 15.6 Å². The van der Waals surface area contributed by atoms with Crippen LogP contribution >= 0.6 is 11.3 Å². The molecule has 2 rings (SSSR count). The smallest absolute Gasteiger partial charge is 0.274 e. The molecule has 1 aromatic heterocycles. The lowest BCUT2D eigenvalue weighted by Gasteiger charge is -2.59. The van der Waals surface area contributed by atoms with Gasteiger partial charge in [0.1, 0.15) is 0 Å². The van der Waals surface area contributed by atoms with E-state index in [1.165, 1.54) is 25.5 Å². The molecule has 94 valence electrons. The fourth-order valence-electron chi connectivity index (χ4n) is 2.27. The van der Waals surface area contributed by atoms with Gasteiger partial charge in [-0.25, -0.2) is 5.06 Å². The molecule has 1 aliphatic carbocycles. The summed E-state index contributed by atoms with van der Waals surface area (Å²) in [4.78, 5) is 18.1. The molecule has 1 heterocycles. The van der Waals surface area contributed by atoms with Crippen molar-refractivity contribution in [2.45, 2.75) is 22.1 Å². The van der Waals surface area contributed by atoms with E-state index in [9.17, 15) is 4.79 Å². The molecule has 0 unspecified atom stereocenters. The van der Waals surface area contributed by atoms with Gasteiger partial charge in [-0.05, 0) is 18.1 Å². The average molecular weight is 284 g/mol. The number of rotatable bonds is 2. The molecule has 0 saturated heterocycles. The summed E-state index contributed by atoms with van der Waals surface area (Å²) in [6.45, 7) is 0. The third-order valence-electron chi connectivity index (χ3n) is 3.93. The van der Waals surface area contributed by atoms with Gasteiger partial charge in [-0.15, -0.1) is 21.8 Å². The van der Waals surface area contributed by atoms with Crippen molar-refractivity contribution in [2.75, 3.05) is 14.2 Å². The minimum Gasteiger partial charge on any atom is -0.274 e. The highest BCUT2D eigenvalue weighted by atomic mass is 32.1. The molecule has 0 saturated carbocycles. The number of carbonyl (C=O) groups is 1. The number of carbonyl (C=O) groups excluding carboxylic acids is 1. The van der Waals surface area contributed by atoms with Crippen molar-refractivity contribution >= 4 is 64.3 Å². The molecule has 0 aliphatic heterocycles. The second kappa shape index (κ2) is 5.02. The van der Waals surface area contributed by atoms with Crippen molar-refractivity contribution in [2.24, 2.45) is 0 Å². The number of thiophene rings is 1. The summed E-state index contributed by atoms with van der Waals surface area (Å²) in [6, 6.07) is 1.56. The third-order valence-corrected chi connectivity index (χ3v) is 5.06. The zero-order valence-electron chi connectivity index (χ0n) is 11.9. The van der Waals surface area contributed by atoms with Gasteiger partial charge in [0.15, 0.2) is 0 Å². The van der Waals surface area contributed by atoms with Crippen LogP contribution in [0.25, 0.3) is 0 Å². The molecule has 3 nitrogen and oxygen atoms in total. The van der Waals surface area contributed by atoms with E-state index in [1.54, 1.807) is 6.07 Å². The number of hydrogen-bond donors (Lipinski definition) is 0. The standard InChI is InChI=1S/C11H9B6NO2S/c1-18(20-2)8(19)6-3-5-7(21-6)4-9(12,13)11(16,17)10(5,14)15/h3H,4H2,1-2H3. The van der Waals surface area contributed by atoms with E-state index in [-0.39, 0.29) is 12.3 Å². The molecule has 12 radical (unpaired) electrons. The highest BCUT2D eigenvalue weighted by Crippen LogP contribution is 2.60. The maximum Gasteiger partial charge on any atom is 0.287 e. The lowest BCUT2D eigenvalue weighted by molar-refractivity contribution is -0.0753. The van der Waals surface area contributed by atoms with Crippen molar-refractivity contribution in [1.29, 1.82) is 0 Å². The Labute approximate surface area is 137 Å². The number of hydrogen-bond acceptors (Lipinski definition) is 3. The topological polar surface area (TPSA) is 29.5 Å². The quantitative estimate of drug-likeness (QED) is 0.533. The van der Waals surface area contributed by atoms with E-state index in [2.05, 4.69) is 0 Å². The van der Waals surface area contributed by atoms with E-state index in [0.717, 1.165) is 5.06 Å². The molecule has 0 fully saturated rings. The van der Waals surface area contributed by atoms with Crippen molar-refractivity contribution in [3.05, 3.63) is 21.4 Å². The summed E-state index contributed by atoms with van der Waals surface area (Å²) in [5.74, 6) is -0.341. The minimum atomic E-state index is -1.73. The van der Waals surface area contributed by atoms with Gasteiger partial charge in [0.05, 0.1) is 59.1 Å². The fourth-order valence-corrected chi connectivity index (χ4v) is 3.58. The Balaban J connectivity index is 2.54. The number of hydroxylamine groups is 2. The Bertz CT molecular complexity index is 585. The average Bonchev–Trinajstić information content (AvgIpc) is 2.79. The molecule has 0 N–H and O–H groups in total. The highest BCUT2D eigenvalue weighted by molar-refractivity contribution is 7.14. The molecule has 1 amide bonds. The zero-order valence-corrected chi connectivity index (χ0v) is 12.7. The van der Waals surface area contributed by atoms with Gasteiger partial charge >= 0.3 is 0 Å². The Kier molecular flexibility index (Phi) is 4.04. The van der Waals surface area contributed by atoms with Crippen molar-refractivity contribution in [3.8, 4) is 0 Å². The molecule has 0 atom stereocenters. The largest absolute Gasteiger partial charge is 0.287 e. The lowest BCUT2D eigenvalue weighted by Crippen LogP contribution is -2.54. The Morgan fingerprint density at radius 1 is 1.29 bits per heavy atom. The second-order valence-corrected chi connectivity index (χ2v) is 6.52. The minimum absolute atomic E-state index is 0.167. The summed E-state index contributed by atoms with van der Waals surface area (Å²) in [7, 11) is 39.0. The number of nitrogens with zero attached hydrogens (tertiary/aromatic N) is 1. The lowest BCUT2D eigenvalue weighted by atomic mass is 9.15. The highest BCUT2D eigenvalue weighted by Gasteiger charge is 2.50. The summed E-state index contributed by atoms with van der Waals surface area (Å²) in [5.41, 5.74) is 0.469. The van der Waals surface area contributed by atoms with Gasteiger partial charge in [0.25, 0.3) is 5.91 Å². The first-order valence-electron chi connectivity index (χ1n) is 6.14. The molecular formula is C11H9B6NO2S. The van der Waals surface area contributed by atoms with Gasteiger partial charge in [-0.1, -0.05) is 5.21 Å². The summed E-state index contributed by atoms with van der Waals surface area (Å²) in [6.07, 6.45) is 0.167. The van der Waals surface area contributed by atoms with Crippen LogP contribution < -0.4 is 0 Å². The molecule has 1 aromatic rings. The molecule has 0 aromatic carbocycles. The van der Waals surface area contributed by atoms with Gasteiger partial charge in [0.2, 0.25) is 0 Å². The zero-order chi connectivity index (χ0) is 16.2. The molecule has 0 bridgehead atoms. The van der Waals surface area contributed by atoms with E-state index in [1.807, 2.05) is 0 Å². The summed E-state index contributed by atoms with van der Waals surface area (Å²) in [5, 5.41) is -3.81. The van der Waals surface area contributed by atoms with Crippen LogP contribution in [0.2, 0.25) is 10.4 Å². The van der Waals surface area contributed by atoms with Gasteiger partial charge < -0.3 is 0 Å². The summed E-state index contributed by atoms with van der Waals surface area (Å²) >= 11 is 1.19. The van der Waals surface area contributed by atoms with Crippen molar-refractivity contribution < 1.29 is 9.63 Å². The van der Waals surface area contributed by atoms with Crippen molar-refractivity contribution in [1.82, 2.24) is 5.06 Å². The first-order chi connectivity index (χ1) is 9.45. The van der Waals surface area contributed by atoms with E-state index in [0.29, 0.717) is 15.3 Å². The normalized spacial score (nSPS) is 21.4. The molecule has 0 spiro atoms. The van der Waals surface area contributed by atoms with Crippen LogP contribution in [-0.2, 0) is 16.5 Å². The third kappa shape index (κ3) is 2.35. The van der Waals surface area contributed by atoms with Crippen LogP contribution in [0.1, 0.15) is 20.1 Å². The predicted octanol–water partition coefficient (Wildman–Crippen LogP) is -0.666. The van der Waals surface area contributed by atoms with E-state index in [4.69, 9.17) is 51.9 Å². The molecular weight excluding hydrogens is 275 g/mol. The fraction of sp³-hybridized carbons (Fsp3) is 0.545. The van der Waals surface area contributed by atoms with Gasteiger partial charge in [-0.3, -0.25) is 9.63 Å². The first kappa shape index (κ1) is 16.9. The van der Waals surface area contributed by atoms with Crippen LogP contribution in [0.3, 0.4) is 0 Å². The Hall–Kier alpha value is -0.480. The monoisotopic (exact) mass is 285 g/mol. The van der Waals surface area contributed by atoms with Crippen LogP contribution in [-0.4, -0.2) is 72.2 Å². The maximum absolute atomic E-state index is 12.1. The number of amides is 1. The SMILES string of the molecule is [B]C1([B])Cc2sc(C(=O)N(C)OC)cc2C([B])([B])C1([B])[B]. The Morgan fingerprint density at radius 3 is 2.38 bits per heavy atom. The second-order valence-electron chi connectivity index (χ2n) is 5.39. The first-order valence-corrected chi connectivity index (χ1v) is 6.96. The van der Waals surface area contributed by atoms with Gasteiger partial charge in [-0.2, -0.15) is 0 Å². The maximum atomic E-state index is 12.1. The predicted molar refractivity (Wildman–Crippen MR) is 88.7 cm³/mol. The molecule has 10 heteroatoms. The van der Waals surface area contributed by atoms with Crippen LogP contribution in [0.15, 0.2) is 6.07 Å². The van der Waals surface area contributed by atoms with Crippen LogP contribution in [0, 0.1) is 0 Å². The van der Waals surface area contributed by atoms with E-state index >= 15 is 0 Å². The molecule has 21 heavy (non-hydrogen) atoms. The summed E-state index contributed by atoms with van der Waals surface area (Å²) < 4.78 is 0. The van der Waals surface area contributed by atoms with Gasteiger partial charge in [0, 0.05) is 11.9 Å². The van der Waals surface area contributed by atoms with Crippen molar-refractivity contribution in [3.63, 3.8) is 0 Å². The van der Waals surface area contributed by atoms with Crippen LogP contribution in [0.5, 0.6) is 0 Å². The molecule has 1 aliphatic rings. The number of fused-ring (bicyclic) bond motifs is 1. The Morgan fingerprint density at radius 2 is 1.86 bits per heavy atom.